The second kappa shape index (κ2) is 8.23. The van der Waals surface area contributed by atoms with Crippen molar-refractivity contribution in [2.75, 3.05) is 6.54 Å². The Morgan fingerprint density at radius 3 is 2.36 bits per heavy atom. The van der Waals surface area contributed by atoms with Crippen LogP contribution in [0.3, 0.4) is 0 Å². The molecule has 0 radical (unpaired) electrons. The van der Waals surface area contributed by atoms with E-state index in [1.807, 2.05) is 27.7 Å². The van der Waals surface area contributed by atoms with Crippen LogP contribution in [0.1, 0.15) is 54.0 Å². The highest BCUT2D eigenvalue weighted by atomic mass is 35.5. The molecular formula is C19H27BCl2N2O4. The van der Waals surface area contributed by atoms with E-state index in [0.29, 0.717) is 16.1 Å². The van der Waals surface area contributed by atoms with Gasteiger partial charge in [-0.1, -0.05) is 29.3 Å². The van der Waals surface area contributed by atoms with E-state index in [-0.39, 0.29) is 11.7 Å². The first-order valence-corrected chi connectivity index (χ1v) is 9.80. The number of nitrogens with zero attached hydrogens (tertiary/aromatic N) is 1. The molecular weight excluding hydrogens is 402 g/mol. The number of carbonyl (C=O) groups excluding carboxylic acids is 1. The fourth-order valence-corrected chi connectivity index (χ4v) is 2.75. The van der Waals surface area contributed by atoms with E-state index in [4.69, 9.17) is 37.2 Å². The Morgan fingerprint density at radius 2 is 1.82 bits per heavy atom. The molecule has 1 aromatic heterocycles. The minimum atomic E-state index is -0.671. The zero-order chi connectivity index (χ0) is 21.3. The van der Waals surface area contributed by atoms with Crippen LogP contribution in [0.15, 0.2) is 17.7 Å². The Kier molecular flexibility index (Phi) is 6.76. The van der Waals surface area contributed by atoms with Crippen LogP contribution in [0.25, 0.3) is 6.08 Å². The predicted molar refractivity (Wildman–Crippen MR) is 113 cm³/mol. The highest BCUT2D eigenvalue weighted by Crippen LogP contribution is 2.39. The summed E-state index contributed by atoms with van der Waals surface area (Å²) in [6, 6.07) is 1.69. The predicted octanol–water partition coefficient (Wildman–Crippen LogP) is 4.93. The van der Waals surface area contributed by atoms with Crippen LogP contribution in [0.5, 0.6) is 0 Å². The molecule has 1 fully saturated rings. The van der Waals surface area contributed by atoms with Gasteiger partial charge >= 0.3 is 13.2 Å². The summed E-state index contributed by atoms with van der Waals surface area (Å²) in [5.41, 5.74) is -0.392. The highest BCUT2D eigenvalue weighted by Gasteiger charge is 2.52. The third-order valence-corrected chi connectivity index (χ3v) is 5.09. The number of pyridine rings is 1. The maximum absolute atomic E-state index is 12.1. The van der Waals surface area contributed by atoms with E-state index >= 15 is 0 Å². The maximum atomic E-state index is 12.1. The van der Waals surface area contributed by atoms with Gasteiger partial charge in [0.1, 0.15) is 10.8 Å². The first kappa shape index (κ1) is 23.0. The molecule has 1 aromatic rings. The topological polar surface area (TPSA) is 69.7 Å². The molecule has 1 saturated heterocycles. The second-order valence-corrected chi connectivity index (χ2v) is 9.49. The summed E-state index contributed by atoms with van der Waals surface area (Å²) >= 11 is 12.2. The molecule has 0 unspecified atom stereocenters. The largest absolute Gasteiger partial charge is 0.492 e. The Balaban J connectivity index is 2.30. The Morgan fingerprint density at radius 1 is 1.25 bits per heavy atom. The number of halogens is 2. The number of alkyl carbamates (subject to hydrolysis) is 1. The zero-order valence-corrected chi connectivity index (χ0v) is 18.9. The minimum Gasteiger partial charge on any atom is -0.444 e. The molecule has 0 aromatic carbocycles. The summed E-state index contributed by atoms with van der Waals surface area (Å²) in [5.74, 6) is 0. The third kappa shape index (κ3) is 5.86. The van der Waals surface area contributed by atoms with Gasteiger partial charge in [-0.2, -0.15) is 0 Å². The number of carbonyl (C=O) groups is 1. The van der Waals surface area contributed by atoms with Crippen LogP contribution < -0.4 is 5.32 Å². The van der Waals surface area contributed by atoms with Crippen molar-refractivity contribution in [1.82, 2.24) is 10.3 Å². The van der Waals surface area contributed by atoms with Crippen molar-refractivity contribution < 1.29 is 18.8 Å². The van der Waals surface area contributed by atoms with Crippen LogP contribution >= 0.6 is 23.2 Å². The summed E-state index contributed by atoms with van der Waals surface area (Å²) in [7, 11) is -0.671. The number of hydrogen-bond donors (Lipinski definition) is 1. The summed E-state index contributed by atoms with van der Waals surface area (Å²) in [6.07, 6.45) is 2.69. The van der Waals surface area contributed by atoms with E-state index in [0.717, 1.165) is 0 Å². The van der Waals surface area contributed by atoms with Gasteiger partial charge in [0.15, 0.2) is 0 Å². The first-order valence-electron chi connectivity index (χ1n) is 9.04. The van der Waals surface area contributed by atoms with Crippen LogP contribution in [0.2, 0.25) is 10.2 Å². The van der Waals surface area contributed by atoms with Crippen molar-refractivity contribution in [2.24, 2.45) is 0 Å². The monoisotopic (exact) mass is 428 g/mol. The molecule has 1 aliphatic heterocycles. The number of hydrogen-bond acceptors (Lipinski definition) is 5. The molecule has 1 N–H and O–H groups in total. The van der Waals surface area contributed by atoms with E-state index < -0.39 is 30.0 Å². The Bertz CT molecular complexity index is 760. The molecule has 0 atom stereocenters. The molecule has 28 heavy (non-hydrogen) atoms. The van der Waals surface area contributed by atoms with Crippen LogP contribution in [-0.4, -0.2) is 41.5 Å². The molecule has 2 heterocycles. The van der Waals surface area contributed by atoms with E-state index in [1.165, 1.54) is 6.20 Å². The van der Waals surface area contributed by atoms with Gasteiger partial charge < -0.3 is 19.4 Å². The molecule has 0 bridgehead atoms. The average Bonchev–Trinajstić information content (AvgIpc) is 2.73. The van der Waals surface area contributed by atoms with E-state index in [1.54, 1.807) is 32.9 Å². The fourth-order valence-electron chi connectivity index (χ4n) is 2.42. The maximum Gasteiger partial charge on any atom is 0.492 e. The number of aromatic nitrogens is 1. The van der Waals surface area contributed by atoms with Gasteiger partial charge in [0.2, 0.25) is 0 Å². The van der Waals surface area contributed by atoms with Gasteiger partial charge in [0, 0.05) is 18.3 Å². The molecule has 0 spiro atoms. The first-order chi connectivity index (χ1) is 12.7. The number of amides is 1. The fraction of sp³-hybridized carbons (Fsp3) is 0.579. The van der Waals surface area contributed by atoms with Crippen molar-refractivity contribution in [3.05, 3.63) is 33.5 Å². The minimum absolute atomic E-state index is 0.147. The molecule has 9 heteroatoms. The van der Waals surface area contributed by atoms with Crippen molar-refractivity contribution in [3.8, 4) is 0 Å². The quantitative estimate of drug-likeness (QED) is 0.543. The molecule has 1 aliphatic rings. The van der Waals surface area contributed by atoms with Gasteiger partial charge in [-0.3, -0.25) is 0 Å². The van der Waals surface area contributed by atoms with Gasteiger partial charge in [0.05, 0.1) is 16.2 Å². The molecule has 6 nitrogen and oxygen atoms in total. The van der Waals surface area contributed by atoms with Gasteiger partial charge in [-0.15, -0.1) is 0 Å². The van der Waals surface area contributed by atoms with E-state index in [2.05, 4.69) is 10.3 Å². The SMILES string of the molecule is CC(C)(C)OC(=O)NCC(=Cc1cc(Cl)cnc1Cl)B1OC(C)(C)C(C)(C)O1. The number of ether oxygens (including phenoxy) is 1. The normalized spacial score (nSPS) is 18.9. The summed E-state index contributed by atoms with van der Waals surface area (Å²) in [4.78, 5) is 16.2. The Hall–Kier alpha value is -1.28. The van der Waals surface area contributed by atoms with Crippen LogP contribution in [0.4, 0.5) is 4.79 Å². The molecule has 2 rings (SSSR count). The van der Waals surface area contributed by atoms with Crippen molar-refractivity contribution in [1.29, 1.82) is 0 Å². The highest BCUT2D eigenvalue weighted by molar-refractivity contribution is 6.56. The van der Waals surface area contributed by atoms with E-state index in [9.17, 15) is 4.79 Å². The lowest BCUT2D eigenvalue weighted by Crippen LogP contribution is -2.41. The lowest BCUT2D eigenvalue weighted by atomic mass is 9.77. The molecule has 1 amide bonds. The number of nitrogens with one attached hydrogen (secondary N) is 1. The summed E-state index contributed by atoms with van der Waals surface area (Å²) < 4.78 is 17.6. The average molecular weight is 429 g/mol. The van der Waals surface area contributed by atoms with Gasteiger partial charge in [-0.25, -0.2) is 9.78 Å². The lowest BCUT2D eigenvalue weighted by molar-refractivity contribution is 0.00578. The number of rotatable bonds is 4. The second-order valence-electron chi connectivity index (χ2n) is 8.70. The lowest BCUT2D eigenvalue weighted by Gasteiger charge is -2.32. The molecule has 0 aliphatic carbocycles. The van der Waals surface area contributed by atoms with Crippen LogP contribution in [-0.2, 0) is 14.0 Å². The van der Waals surface area contributed by atoms with Gasteiger partial charge in [0.25, 0.3) is 0 Å². The van der Waals surface area contributed by atoms with Gasteiger partial charge in [-0.05, 0) is 60.0 Å². The Labute approximate surface area is 177 Å². The standard InChI is InChI=1S/C19H27BCl2N2O4/c1-17(2,3)26-16(25)24-10-13(8-12-9-14(21)11-23-15(12)22)20-27-18(4,5)19(6,7)28-20/h8-9,11H,10H2,1-7H3,(H,24,25). The third-order valence-electron chi connectivity index (χ3n) is 4.57. The van der Waals surface area contributed by atoms with Crippen LogP contribution in [0, 0.1) is 0 Å². The smallest absolute Gasteiger partial charge is 0.444 e. The van der Waals surface area contributed by atoms with Crippen molar-refractivity contribution in [2.45, 2.75) is 65.3 Å². The van der Waals surface area contributed by atoms with Crippen molar-refractivity contribution >= 4 is 42.5 Å². The summed E-state index contributed by atoms with van der Waals surface area (Å²) in [5, 5.41) is 3.48. The molecule has 0 saturated carbocycles. The summed E-state index contributed by atoms with van der Waals surface area (Å²) in [6.45, 7) is 13.4. The molecule has 154 valence electrons. The van der Waals surface area contributed by atoms with Crippen molar-refractivity contribution in [3.63, 3.8) is 0 Å². The zero-order valence-electron chi connectivity index (χ0n) is 17.4.